The number of hydrogen-bond acceptors (Lipinski definition) is 4. The van der Waals surface area contributed by atoms with E-state index in [0.717, 1.165) is 42.3 Å². The highest BCUT2D eigenvalue weighted by molar-refractivity contribution is 5.72. The van der Waals surface area contributed by atoms with E-state index in [1.165, 1.54) is 23.4 Å². The quantitative estimate of drug-likeness (QED) is 0.423. The molecule has 0 radical (unpaired) electrons. The molecule has 0 saturated carbocycles. The molecular weight excluding hydrogens is 408 g/mol. The fourth-order valence-corrected chi connectivity index (χ4v) is 5.12. The van der Waals surface area contributed by atoms with Crippen molar-refractivity contribution in [2.75, 3.05) is 32.1 Å². The van der Waals surface area contributed by atoms with Crippen molar-refractivity contribution in [1.29, 1.82) is 5.26 Å². The fourth-order valence-electron chi connectivity index (χ4n) is 5.12. The summed E-state index contributed by atoms with van der Waals surface area (Å²) in [5, 5.41) is 9.11. The molecule has 1 atom stereocenters. The summed E-state index contributed by atoms with van der Waals surface area (Å²) in [6, 6.07) is 19.6. The standard InChI is InChI=1S/C27H26N6/c1-30(2)24-9-11-31(18-24)23-7-8-25-22(13-23)17-32-16-21(20-5-3-19(15-28)4-6-20)14-26(32)27-29-10-12-33(25)27/h3-8,10,12-14,16,24H,9,11,17-18H2,1-2H3/t24-/m0/s1. The van der Waals surface area contributed by atoms with Crippen LogP contribution in [0.4, 0.5) is 5.69 Å². The smallest absolute Gasteiger partial charge is 0.161 e. The Kier molecular flexibility index (Phi) is 4.60. The summed E-state index contributed by atoms with van der Waals surface area (Å²) >= 11 is 0. The first-order valence-electron chi connectivity index (χ1n) is 11.4. The zero-order chi connectivity index (χ0) is 22.5. The van der Waals surface area contributed by atoms with Crippen LogP contribution in [0.2, 0.25) is 0 Å². The van der Waals surface area contributed by atoms with E-state index in [1.807, 2.05) is 30.5 Å². The van der Waals surface area contributed by atoms with E-state index in [9.17, 15) is 0 Å². The van der Waals surface area contributed by atoms with Gasteiger partial charge in [0.15, 0.2) is 5.82 Å². The number of likely N-dealkylation sites (N-methyl/N-ethyl adjacent to an activating group) is 1. The molecule has 4 heterocycles. The largest absolute Gasteiger partial charge is 0.370 e. The first-order valence-corrected chi connectivity index (χ1v) is 11.4. The monoisotopic (exact) mass is 434 g/mol. The lowest BCUT2D eigenvalue weighted by atomic mass is 10.1. The van der Waals surface area contributed by atoms with Crippen LogP contribution in [0, 0.1) is 11.3 Å². The Morgan fingerprint density at radius 2 is 1.91 bits per heavy atom. The first kappa shape index (κ1) is 19.8. The van der Waals surface area contributed by atoms with Crippen LogP contribution in [0.15, 0.2) is 67.1 Å². The molecule has 164 valence electrons. The molecule has 0 spiro atoms. The minimum atomic E-state index is 0.607. The SMILES string of the molecule is CN(C)[C@H]1CCN(c2ccc3c(c2)Cn2cc(-c4ccc(C#N)cc4)cc2-c2nccn2-3)C1. The van der Waals surface area contributed by atoms with Gasteiger partial charge in [0, 0.05) is 55.5 Å². The van der Waals surface area contributed by atoms with Gasteiger partial charge < -0.3 is 14.4 Å². The van der Waals surface area contributed by atoms with Gasteiger partial charge in [-0.25, -0.2) is 4.98 Å². The third-order valence-corrected chi connectivity index (χ3v) is 7.04. The highest BCUT2D eigenvalue weighted by Gasteiger charge is 2.26. The molecule has 1 saturated heterocycles. The molecule has 0 aliphatic carbocycles. The first-order chi connectivity index (χ1) is 16.1. The minimum absolute atomic E-state index is 0.607. The van der Waals surface area contributed by atoms with Crippen LogP contribution in [0.3, 0.4) is 0 Å². The van der Waals surface area contributed by atoms with E-state index in [1.54, 1.807) is 0 Å². The lowest BCUT2D eigenvalue weighted by Crippen LogP contribution is -2.31. The van der Waals surface area contributed by atoms with Gasteiger partial charge in [-0.2, -0.15) is 5.26 Å². The van der Waals surface area contributed by atoms with Gasteiger partial charge in [0.25, 0.3) is 0 Å². The summed E-state index contributed by atoms with van der Waals surface area (Å²) in [7, 11) is 4.34. The van der Waals surface area contributed by atoms with Gasteiger partial charge in [0.05, 0.1) is 23.0 Å². The Labute approximate surface area is 193 Å². The van der Waals surface area contributed by atoms with Crippen LogP contribution in [-0.4, -0.2) is 52.2 Å². The highest BCUT2D eigenvalue weighted by Crippen LogP contribution is 2.35. The maximum atomic E-state index is 9.11. The summed E-state index contributed by atoms with van der Waals surface area (Å²) in [6.45, 7) is 2.96. The topological polar surface area (TPSA) is 53.0 Å². The molecule has 6 heteroatoms. The zero-order valence-electron chi connectivity index (χ0n) is 18.9. The molecule has 2 aliphatic heterocycles. The number of anilines is 1. The average Bonchev–Trinajstić information content (AvgIpc) is 3.58. The number of hydrogen-bond donors (Lipinski definition) is 0. The number of aromatic nitrogens is 3. The minimum Gasteiger partial charge on any atom is -0.370 e. The van der Waals surface area contributed by atoms with Crippen molar-refractivity contribution in [2.24, 2.45) is 0 Å². The summed E-state index contributed by atoms with van der Waals surface area (Å²) in [5.41, 5.74) is 7.80. The van der Waals surface area contributed by atoms with Crippen molar-refractivity contribution in [3.8, 4) is 34.4 Å². The summed E-state index contributed by atoms with van der Waals surface area (Å²) in [5.74, 6) is 0.954. The van der Waals surface area contributed by atoms with E-state index in [4.69, 9.17) is 10.2 Å². The molecule has 2 aliphatic rings. The third-order valence-electron chi connectivity index (χ3n) is 7.04. The second-order valence-electron chi connectivity index (χ2n) is 9.22. The maximum Gasteiger partial charge on any atom is 0.161 e. The van der Waals surface area contributed by atoms with E-state index in [-0.39, 0.29) is 0 Å². The Balaban J connectivity index is 1.40. The van der Waals surface area contributed by atoms with E-state index in [2.05, 4.69) is 75.8 Å². The number of rotatable bonds is 3. The molecule has 2 aromatic carbocycles. The predicted octanol–water partition coefficient (Wildman–Crippen LogP) is 4.38. The van der Waals surface area contributed by atoms with Crippen LogP contribution in [-0.2, 0) is 6.54 Å². The van der Waals surface area contributed by atoms with Gasteiger partial charge in [-0.15, -0.1) is 0 Å². The lowest BCUT2D eigenvalue weighted by Gasteiger charge is -2.23. The summed E-state index contributed by atoms with van der Waals surface area (Å²) in [4.78, 5) is 9.54. The molecule has 1 fully saturated rings. The number of nitrogens with zero attached hydrogens (tertiary/aromatic N) is 6. The van der Waals surface area contributed by atoms with Crippen molar-refractivity contribution in [3.05, 3.63) is 78.2 Å². The highest BCUT2D eigenvalue weighted by atomic mass is 15.2. The Morgan fingerprint density at radius 3 is 2.67 bits per heavy atom. The predicted molar refractivity (Wildman–Crippen MR) is 131 cm³/mol. The van der Waals surface area contributed by atoms with E-state index >= 15 is 0 Å². The fraction of sp³-hybridized carbons (Fsp3) is 0.259. The van der Waals surface area contributed by atoms with Crippen LogP contribution in [0.1, 0.15) is 17.5 Å². The molecule has 2 aromatic heterocycles. The third kappa shape index (κ3) is 3.33. The van der Waals surface area contributed by atoms with Crippen molar-refractivity contribution in [2.45, 2.75) is 19.0 Å². The van der Waals surface area contributed by atoms with Gasteiger partial charge in [-0.05, 0) is 68.0 Å². The van der Waals surface area contributed by atoms with Gasteiger partial charge >= 0.3 is 0 Å². The molecule has 6 nitrogen and oxygen atoms in total. The number of benzene rings is 2. The molecule has 0 amide bonds. The number of imidazole rings is 1. The normalized spacial score (nSPS) is 16.8. The molecular formula is C27H26N6. The molecule has 4 aromatic rings. The van der Waals surface area contributed by atoms with Crippen LogP contribution in [0.5, 0.6) is 0 Å². The van der Waals surface area contributed by atoms with Crippen molar-refractivity contribution in [3.63, 3.8) is 0 Å². The van der Waals surface area contributed by atoms with Crippen molar-refractivity contribution >= 4 is 5.69 Å². The number of nitriles is 1. The van der Waals surface area contributed by atoms with Crippen molar-refractivity contribution < 1.29 is 0 Å². The molecule has 0 bridgehead atoms. The molecule has 0 N–H and O–H groups in total. The molecule has 6 rings (SSSR count). The van der Waals surface area contributed by atoms with Gasteiger partial charge in [-0.1, -0.05) is 12.1 Å². The van der Waals surface area contributed by atoms with Crippen LogP contribution < -0.4 is 4.90 Å². The summed E-state index contributed by atoms with van der Waals surface area (Å²) in [6.07, 6.45) is 7.33. The van der Waals surface area contributed by atoms with E-state index < -0.39 is 0 Å². The molecule has 0 unspecified atom stereocenters. The Hall–Kier alpha value is -3.82. The number of fused-ring (bicyclic) bond motifs is 5. The Morgan fingerprint density at radius 1 is 1.06 bits per heavy atom. The van der Waals surface area contributed by atoms with Crippen molar-refractivity contribution in [1.82, 2.24) is 19.0 Å². The lowest BCUT2D eigenvalue weighted by molar-refractivity contribution is 0.315. The van der Waals surface area contributed by atoms with Crippen LogP contribution in [0.25, 0.3) is 28.3 Å². The van der Waals surface area contributed by atoms with Gasteiger partial charge in [-0.3, -0.25) is 4.57 Å². The second-order valence-corrected chi connectivity index (χ2v) is 9.22. The zero-order valence-corrected chi connectivity index (χ0v) is 18.9. The molecule has 33 heavy (non-hydrogen) atoms. The van der Waals surface area contributed by atoms with E-state index in [0.29, 0.717) is 11.6 Å². The van der Waals surface area contributed by atoms with Gasteiger partial charge in [0.2, 0.25) is 0 Å². The second kappa shape index (κ2) is 7.65. The van der Waals surface area contributed by atoms with Gasteiger partial charge in [0.1, 0.15) is 0 Å². The average molecular weight is 435 g/mol. The summed E-state index contributed by atoms with van der Waals surface area (Å²) < 4.78 is 4.50. The Bertz CT molecular complexity index is 1370. The van der Waals surface area contributed by atoms with Crippen LogP contribution >= 0.6 is 0 Å². The maximum absolute atomic E-state index is 9.11.